The van der Waals surface area contributed by atoms with Gasteiger partial charge in [-0.3, -0.25) is 14.5 Å². The lowest BCUT2D eigenvalue weighted by atomic mass is 9.42. The van der Waals surface area contributed by atoms with Gasteiger partial charge in [0.2, 0.25) is 5.95 Å². The molecule has 11 aromatic carbocycles. The highest BCUT2D eigenvalue weighted by atomic mass is 16.3. The molecule has 10 aliphatic rings. The smallest absolute Gasteiger partial charge is 0.236 e. The van der Waals surface area contributed by atoms with E-state index in [1.165, 1.54) is 165 Å². The summed E-state index contributed by atoms with van der Waals surface area (Å²) in [5, 5.41) is 10.8. The third kappa shape index (κ3) is 9.94. The molecule has 10 nitrogen and oxygen atoms in total. The van der Waals surface area contributed by atoms with E-state index in [0.29, 0.717) is 46.3 Å². The van der Waals surface area contributed by atoms with Crippen molar-refractivity contribution < 1.29 is 4.42 Å². The average Bonchev–Trinajstić information content (AvgIpc) is 1.56. The summed E-state index contributed by atoms with van der Waals surface area (Å²) >= 11 is 0. The molecule has 0 radical (unpaired) electrons. The molecule has 2 spiro atoms. The van der Waals surface area contributed by atoms with Gasteiger partial charge in [-0.1, -0.05) is 183 Å². The van der Waals surface area contributed by atoms with E-state index >= 15 is 0 Å². The molecule has 0 saturated heterocycles. The molecule has 0 atom stereocenters. The predicted octanol–water partition coefficient (Wildman–Crippen LogP) is 26.0. The summed E-state index contributed by atoms with van der Waals surface area (Å²) in [5.74, 6) is 9.31. The van der Waals surface area contributed by atoms with Crippen LogP contribution in [0.15, 0.2) is 309 Å². The number of pyridine rings is 2. The van der Waals surface area contributed by atoms with Crippen LogP contribution in [0.3, 0.4) is 0 Å². The van der Waals surface area contributed by atoms with Crippen molar-refractivity contribution >= 4 is 92.8 Å². The standard InChI is InChI=1S/C54H41N3O.C53H42N6/c1-3-39-42-29-35(18-21-45(42)54(44(39)4-2)37-25-31-24-32(27-37)28-38(54)26-31)36-20-22-46-43(30-36)49-40-15-9-8-12-33(40)19-23-47(49)57(46)53-55-50(34-13-6-5-7-14-34)52-51(56-53)41-16-10-11-17-48(41)58-52;1-2-10-42-34(7-1)14-18-48-49(42)44-29-36(35-13-16-45-37(28-35)19-20-53(45)40-24-32-23-33(26-40)27-41(53)25-32)15-17-47(44)59(48)46-12-4-3-11-43(46)52-57-50(38-8-5-21-54-30-38)56-51(58-52)39-9-6-22-55-31-39/h3-23,29-32,37-38H,1-2,24-28H2;1-18,21-22,28-33,40-41H,19-20,23-27H2. The van der Waals surface area contributed by atoms with Gasteiger partial charge in [0.25, 0.3) is 0 Å². The maximum absolute atomic E-state index is 6.48. The fraction of sp³-hybridized carbons (Fsp3) is 0.206. The predicted molar refractivity (Wildman–Crippen MR) is 474 cm³/mol. The number of fused-ring (bicyclic) bond motifs is 15. The van der Waals surface area contributed by atoms with E-state index in [2.05, 4.69) is 232 Å². The van der Waals surface area contributed by atoms with Crippen molar-refractivity contribution in [2.45, 2.75) is 87.9 Å². The molecule has 0 aliphatic heterocycles. The Morgan fingerprint density at radius 1 is 0.385 bits per heavy atom. The van der Waals surface area contributed by atoms with Crippen LogP contribution >= 0.6 is 0 Å². The van der Waals surface area contributed by atoms with Crippen molar-refractivity contribution in [3.8, 4) is 79.3 Å². The molecular formula is C107H83N9O. The van der Waals surface area contributed by atoms with Gasteiger partial charge in [0, 0.05) is 84.8 Å². The number of hydrogen-bond acceptors (Lipinski definition) is 8. The van der Waals surface area contributed by atoms with Crippen molar-refractivity contribution in [2.75, 3.05) is 0 Å². The van der Waals surface area contributed by atoms with Gasteiger partial charge in [-0.2, -0.15) is 0 Å². The molecule has 117 heavy (non-hydrogen) atoms. The molecule has 562 valence electrons. The van der Waals surface area contributed by atoms with Gasteiger partial charge in [0.1, 0.15) is 16.8 Å². The van der Waals surface area contributed by atoms with Crippen LogP contribution in [0.2, 0.25) is 0 Å². The first-order valence-electron chi connectivity index (χ1n) is 42.4. The number of aromatic nitrogens is 9. The van der Waals surface area contributed by atoms with Crippen LogP contribution in [0.4, 0.5) is 0 Å². The van der Waals surface area contributed by atoms with Gasteiger partial charge in [-0.25, -0.2) is 24.9 Å². The van der Waals surface area contributed by atoms with Crippen LogP contribution in [0.5, 0.6) is 0 Å². The normalized spacial score (nSPS) is 23.1. The SMILES string of the molecule is C=CC1=C(C=C)C2(c3ccc(-c4ccc5c(c4)c4c6ccccc6ccc4n5-c4nc(-c5ccccc5)c5oc6ccccc6c5n4)cc31)C1CC3CC(C1)CC2C3.c1cncc(-c2nc(-c3cccnc3)nc(-c3ccccc3-n3c4ccc(-c5ccc6c(c5)CCC65C6CC7CC(C6)CC5C7)cc4c4c5ccccc5ccc43)n2)c1. The van der Waals surface area contributed by atoms with Gasteiger partial charge in [0.15, 0.2) is 23.1 Å². The van der Waals surface area contributed by atoms with E-state index in [4.69, 9.17) is 29.3 Å². The number of furan rings is 1. The summed E-state index contributed by atoms with van der Waals surface area (Å²) < 4.78 is 11.1. The third-order valence-corrected chi connectivity index (χ3v) is 29.6. The molecule has 8 saturated carbocycles. The largest absolute Gasteiger partial charge is 0.452 e. The summed E-state index contributed by atoms with van der Waals surface area (Å²) in [6.07, 6.45) is 28.3. The van der Waals surface area contributed by atoms with Crippen LogP contribution in [-0.2, 0) is 17.3 Å². The van der Waals surface area contributed by atoms with Crippen LogP contribution in [0.1, 0.15) is 92.9 Å². The minimum Gasteiger partial charge on any atom is -0.452 e. The number of aryl methyl sites for hydroxylation is 1. The Labute approximate surface area is 678 Å². The van der Waals surface area contributed by atoms with Gasteiger partial charge in [0.05, 0.1) is 27.8 Å². The van der Waals surface area contributed by atoms with Crippen LogP contribution in [0.25, 0.3) is 172 Å². The van der Waals surface area contributed by atoms with E-state index in [-0.39, 0.29) is 5.41 Å². The number of allylic oxidation sites excluding steroid dienone is 4. The highest BCUT2D eigenvalue weighted by Crippen LogP contribution is 2.70. The summed E-state index contributed by atoms with van der Waals surface area (Å²) in [6.45, 7) is 8.86. The highest BCUT2D eigenvalue weighted by molar-refractivity contribution is 6.23. The van der Waals surface area contributed by atoms with Crippen molar-refractivity contribution in [3.05, 3.63) is 327 Å². The van der Waals surface area contributed by atoms with Gasteiger partial charge >= 0.3 is 0 Å². The fourth-order valence-electron chi connectivity index (χ4n) is 25.4. The molecule has 10 aliphatic carbocycles. The molecule has 7 aromatic heterocycles. The number of rotatable bonds is 10. The Balaban J connectivity index is 0.000000131. The van der Waals surface area contributed by atoms with E-state index in [1.807, 2.05) is 60.7 Å². The Bertz CT molecular complexity index is 7170. The lowest BCUT2D eigenvalue weighted by molar-refractivity contribution is -0.0602. The van der Waals surface area contributed by atoms with Crippen molar-refractivity contribution in [2.24, 2.45) is 47.3 Å². The number of hydrogen-bond donors (Lipinski definition) is 0. The molecule has 7 heterocycles. The lowest BCUT2D eigenvalue weighted by Crippen LogP contribution is -2.55. The molecule has 18 aromatic rings. The second-order valence-electron chi connectivity index (χ2n) is 35.2. The summed E-state index contributed by atoms with van der Waals surface area (Å²) in [7, 11) is 0. The third-order valence-electron chi connectivity index (χ3n) is 29.6. The number of benzene rings is 11. The Hall–Kier alpha value is -13.1. The molecule has 0 N–H and O–H groups in total. The average molecular weight is 1510 g/mol. The first kappa shape index (κ1) is 67.3. The van der Waals surface area contributed by atoms with Gasteiger partial charge in [-0.05, 0) is 293 Å². The first-order valence-corrected chi connectivity index (χ1v) is 42.4. The molecule has 28 rings (SSSR count). The molecule has 10 heteroatoms. The zero-order chi connectivity index (χ0) is 76.9. The van der Waals surface area contributed by atoms with E-state index in [0.717, 1.165) is 108 Å². The second kappa shape index (κ2) is 25.7. The Morgan fingerprint density at radius 3 is 1.53 bits per heavy atom. The molecule has 8 fully saturated rings. The minimum atomic E-state index is 0.0723. The molecular weight excluding hydrogens is 1430 g/mol. The van der Waals surface area contributed by atoms with Crippen molar-refractivity contribution in [1.82, 2.24) is 44.0 Å². The zero-order valence-corrected chi connectivity index (χ0v) is 65.1. The molecule has 0 unspecified atom stereocenters. The molecule has 8 bridgehead atoms. The minimum absolute atomic E-state index is 0.0723. The van der Waals surface area contributed by atoms with Gasteiger partial charge in [-0.15, -0.1) is 0 Å². The maximum Gasteiger partial charge on any atom is 0.236 e. The van der Waals surface area contributed by atoms with Gasteiger partial charge < -0.3 is 8.98 Å². The monoisotopic (exact) mass is 1510 g/mol. The van der Waals surface area contributed by atoms with E-state index in [9.17, 15) is 0 Å². The van der Waals surface area contributed by atoms with Crippen molar-refractivity contribution in [3.63, 3.8) is 0 Å². The van der Waals surface area contributed by atoms with Crippen LogP contribution in [-0.4, -0.2) is 44.0 Å². The van der Waals surface area contributed by atoms with Crippen molar-refractivity contribution in [1.29, 1.82) is 0 Å². The summed E-state index contributed by atoms with van der Waals surface area (Å²) in [5.41, 5.74) is 26.5. The topological polar surface area (TPSA) is 113 Å². The second-order valence-corrected chi connectivity index (χ2v) is 35.2. The highest BCUT2D eigenvalue weighted by Gasteiger charge is 2.62. The van der Waals surface area contributed by atoms with E-state index < -0.39 is 0 Å². The quantitative estimate of drug-likeness (QED) is 0.133. The summed E-state index contributed by atoms with van der Waals surface area (Å²) in [6, 6.07) is 90.2. The van der Waals surface area contributed by atoms with E-state index in [1.54, 1.807) is 35.9 Å². The lowest BCUT2D eigenvalue weighted by Gasteiger charge is -2.61. The van der Waals surface area contributed by atoms with Crippen LogP contribution < -0.4 is 0 Å². The fourth-order valence-corrected chi connectivity index (χ4v) is 25.4. The molecule has 0 amide bonds. The summed E-state index contributed by atoms with van der Waals surface area (Å²) in [4.78, 5) is 34.6. The Kier molecular flexibility index (Phi) is 14.8. The maximum atomic E-state index is 6.48. The Morgan fingerprint density at radius 2 is 0.906 bits per heavy atom. The number of nitrogens with zero attached hydrogens (tertiary/aromatic N) is 9. The first-order chi connectivity index (χ1) is 57.8. The zero-order valence-electron chi connectivity index (χ0n) is 65.1. The van der Waals surface area contributed by atoms with Crippen LogP contribution in [0, 0.1) is 47.3 Å². The number of para-hydroxylation sites is 2.